The van der Waals surface area contributed by atoms with Crippen molar-refractivity contribution >= 4 is 5.95 Å². The molecule has 14 heavy (non-hydrogen) atoms. The first-order chi connectivity index (χ1) is 6.92. The number of nitrogens with zero attached hydrogens (tertiary/aromatic N) is 5. The van der Waals surface area contributed by atoms with E-state index in [1.165, 1.54) is 12.7 Å². The Balaban J connectivity index is 2.37. The minimum Gasteiger partial charge on any atom is -0.354 e. The Morgan fingerprint density at radius 2 is 2.29 bits per heavy atom. The van der Waals surface area contributed by atoms with E-state index in [9.17, 15) is 0 Å². The van der Waals surface area contributed by atoms with E-state index in [1.54, 1.807) is 16.9 Å². The molecule has 6 heteroatoms. The van der Waals surface area contributed by atoms with Gasteiger partial charge in [0.05, 0.1) is 0 Å². The summed E-state index contributed by atoms with van der Waals surface area (Å²) in [4.78, 5) is 12.0. The van der Waals surface area contributed by atoms with Crippen molar-refractivity contribution in [2.24, 2.45) is 0 Å². The van der Waals surface area contributed by atoms with E-state index in [2.05, 4.69) is 25.4 Å². The fraction of sp³-hybridized carbons (Fsp3) is 0.250. The minimum atomic E-state index is 0.686. The lowest BCUT2D eigenvalue weighted by Crippen LogP contribution is -2.07. The quantitative estimate of drug-likeness (QED) is 0.762. The molecule has 0 bridgehead atoms. The van der Waals surface area contributed by atoms with Crippen LogP contribution < -0.4 is 5.32 Å². The highest BCUT2D eigenvalue weighted by Gasteiger charge is 2.04. The van der Waals surface area contributed by atoms with E-state index < -0.39 is 0 Å². The Morgan fingerprint density at radius 1 is 1.36 bits per heavy atom. The Kier molecular flexibility index (Phi) is 2.35. The van der Waals surface area contributed by atoms with Crippen molar-refractivity contribution in [2.75, 3.05) is 11.9 Å². The summed E-state index contributed by atoms with van der Waals surface area (Å²) in [5.74, 6) is 1.39. The van der Waals surface area contributed by atoms with E-state index in [0.717, 1.165) is 6.54 Å². The van der Waals surface area contributed by atoms with Crippen molar-refractivity contribution in [2.45, 2.75) is 6.92 Å². The molecule has 1 N–H and O–H groups in total. The van der Waals surface area contributed by atoms with Gasteiger partial charge in [-0.05, 0) is 6.92 Å². The molecule has 0 aliphatic rings. The smallest absolute Gasteiger partial charge is 0.227 e. The highest BCUT2D eigenvalue weighted by Crippen LogP contribution is 2.07. The molecule has 2 rings (SSSR count). The summed E-state index contributed by atoms with van der Waals surface area (Å²) in [6, 6.07) is 1.77. The lowest BCUT2D eigenvalue weighted by Gasteiger charge is -2.04. The highest BCUT2D eigenvalue weighted by atomic mass is 15.4. The summed E-state index contributed by atoms with van der Waals surface area (Å²) in [6.45, 7) is 2.79. The Bertz CT molecular complexity index is 395. The lowest BCUT2D eigenvalue weighted by atomic mass is 10.6. The second-order valence-corrected chi connectivity index (χ2v) is 2.59. The third-order valence-electron chi connectivity index (χ3n) is 1.67. The summed E-state index contributed by atoms with van der Waals surface area (Å²) in [6.07, 6.45) is 4.63. The maximum atomic E-state index is 4.07. The van der Waals surface area contributed by atoms with Gasteiger partial charge in [0, 0.05) is 18.8 Å². The summed E-state index contributed by atoms with van der Waals surface area (Å²) in [5.41, 5.74) is 0. The first-order valence-electron chi connectivity index (χ1n) is 4.32. The zero-order valence-corrected chi connectivity index (χ0v) is 7.75. The monoisotopic (exact) mass is 190 g/mol. The number of aromatic nitrogens is 5. The average molecular weight is 190 g/mol. The third-order valence-corrected chi connectivity index (χ3v) is 1.67. The molecular weight excluding hydrogens is 180 g/mol. The number of nitrogens with one attached hydrogen (secondary N) is 1. The van der Waals surface area contributed by atoms with Crippen LogP contribution in [0.2, 0.25) is 0 Å². The Morgan fingerprint density at radius 3 is 3.00 bits per heavy atom. The molecule has 0 atom stereocenters. The molecule has 0 aromatic carbocycles. The van der Waals surface area contributed by atoms with Crippen LogP contribution in [0.15, 0.2) is 24.9 Å². The van der Waals surface area contributed by atoms with Gasteiger partial charge in [-0.15, -0.1) is 0 Å². The van der Waals surface area contributed by atoms with Gasteiger partial charge in [-0.2, -0.15) is 14.8 Å². The molecular formula is C8H10N6. The molecule has 0 unspecified atom stereocenters. The molecule has 0 radical (unpaired) electrons. The zero-order valence-electron chi connectivity index (χ0n) is 7.75. The van der Waals surface area contributed by atoms with Crippen LogP contribution in [0.5, 0.6) is 0 Å². The van der Waals surface area contributed by atoms with Gasteiger partial charge >= 0.3 is 0 Å². The lowest BCUT2D eigenvalue weighted by molar-refractivity contribution is 0.838. The van der Waals surface area contributed by atoms with Crippen molar-refractivity contribution < 1.29 is 0 Å². The molecule has 2 aromatic heterocycles. The first-order valence-corrected chi connectivity index (χ1v) is 4.32. The molecule has 0 saturated heterocycles. The minimum absolute atomic E-state index is 0.686. The number of rotatable bonds is 3. The van der Waals surface area contributed by atoms with Gasteiger partial charge in [-0.1, -0.05) is 0 Å². The van der Waals surface area contributed by atoms with E-state index >= 15 is 0 Å². The number of hydrogen-bond donors (Lipinski definition) is 1. The van der Waals surface area contributed by atoms with Crippen molar-refractivity contribution in [1.29, 1.82) is 0 Å². The first kappa shape index (κ1) is 8.61. The molecule has 2 heterocycles. The second kappa shape index (κ2) is 3.82. The van der Waals surface area contributed by atoms with Crippen LogP contribution in [0.4, 0.5) is 5.95 Å². The van der Waals surface area contributed by atoms with Crippen molar-refractivity contribution in [3.63, 3.8) is 0 Å². The van der Waals surface area contributed by atoms with Crippen LogP contribution in [0.25, 0.3) is 5.82 Å². The van der Waals surface area contributed by atoms with Crippen LogP contribution in [0, 0.1) is 0 Å². The average Bonchev–Trinajstić information content (AvgIpc) is 2.68. The maximum Gasteiger partial charge on any atom is 0.227 e. The fourth-order valence-corrected chi connectivity index (χ4v) is 1.10. The van der Waals surface area contributed by atoms with Crippen LogP contribution in [-0.4, -0.2) is 31.3 Å². The summed E-state index contributed by atoms with van der Waals surface area (Å²) in [5, 5.41) is 7.14. The van der Waals surface area contributed by atoms with Gasteiger partial charge in [0.2, 0.25) is 5.95 Å². The molecule has 0 aliphatic carbocycles. The molecule has 72 valence electrons. The van der Waals surface area contributed by atoms with Gasteiger partial charge in [0.15, 0.2) is 5.82 Å². The van der Waals surface area contributed by atoms with E-state index in [0.29, 0.717) is 11.8 Å². The van der Waals surface area contributed by atoms with Gasteiger partial charge in [-0.25, -0.2) is 9.97 Å². The predicted molar refractivity (Wildman–Crippen MR) is 51.1 cm³/mol. The Hall–Kier alpha value is -1.98. The van der Waals surface area contributed by atoms with Crippen LogP contribution in [0.1, 0.15) is 6.92 Å². The molecule has 2 aromatic rings. The third kappa shape index (κ3) is 1.54. The van der Waals surface area contributed by atoms with Crippen molar-refractivity contribution in [3.8, 4) is 5.82 Å². The number of anilines is 1. The van der Waals surface area contributed by atoms with Gasteiger partial charge in [0.25, 0.3) is 0 Å². The van der Waals surface area contributed by atoms with Crippen LogP contribution in [0.3, 0.4) is 0 Å². The molecule has 0 aliphatic heterocycles. The number of hydrogen-bond acceptors (Lipinski definition) is 5. The zero-order chi connectivity index (χ0) is 9.80. The normalized spacial score (nSPS) is 10.1. The predicted octanol–water partition coefficient (Wildman–Crippen LogP) is 0.489. The molecule has 6 nitrogen and oxygen atoms in total. The highest BCUT2D eigenvalue weighted by molar-refractivity contribution is 5.33. The molecule has 0 spiro atoms. The SMILES string of the molecule is CCNc1ncnn1-c1ccncn1. The second-order valence-electron chi connectivity index (χ2n) is 2.59. The van der Waals surface area contributed by atoms with E-state index in [-0.39, 0.29) is 0 Å². The van der Waals surface area contributed by atoms with Gasteiger partial charge in [-0.3, -0.25) is 0 Å². The molecule has 0 saturated carbocycles. The van der Waals surface area contributed by atoms with E-state index in [4.69, 9.17) is 0 Å². The summed E-state index contributed by atoms with van der Waals surface area (Å²) < 4.78 is 1.63. The summed E-state index contributed by atoms with van der Waals surface area (Å²) in [7, 11) is 0. The molecule has 0 fully saturated rings. The Labute approximate surface area is 81.0 Å². The van der Waals surface area contributed by atoms with Crippen molar-refractivity contribution in [3.05, 3.63) is 24.9 Å². The molecule has 0 amide bonds. The van der Waals surface area contributed by atoms with Crippen LogP contribution >= 0.6 is 0 Å². The van der Waals surface area contributed by atoms with Gasteiger partial charge in [0.1, 0.15) is 12.7 Å². The van der Waals surface area contributed by atoms with Crippen LogP contribution in [-0.2, 0) is 0 Å². The largest absolute Gasteiger partial charge is 0.354 e. The van der Waals surface area contributed by atoms with Gasteiger partial charge < -0.3 is 5.32 Å². The van der Waals surface area contributed by atoms with E-state index in [1.807, 2.05) is 6.92 Å². The summed E-state index contributed by atoms with van der Waals surface area (Å²) >= 11 is 0. The van der Waals surface area contributed by atoms with Crippen molar-refractivity contribution in [1.82, 2.24) is 24.7 Å². The maximum absolute atomic E-state index is 4.07. The fourth-order valence-electron chi connectivity index (χ4n) is 1.10. The standard InChI is InChI=1S/C8H10N6/c1-2-10-8-12-6-13-14(8)7-3-4-9-5-11-7/h3-6H,2H2,1H3,(H,10,12,13). The topological polar surface area (TPSA) is 68.5 Å².